The van der Waals surface area contributed by atoms with Gasteiger partial charge in [0, 0.05) is 21.7 Å². The molecule has 1 heterocycles. The lowest BCUT2D eigenvalue weighted by Crippen LogP contribution is -2.27. The minimum atomic E-state index is -3.64. The molecule has 0 aliphatic heterocycles. The van der Waals surface area contributed by atoms with Crippen LogP contribution in [0.4, 0.5) is 5.69 Å². The number of thiazole rings is 1. The predicted octanol–water partition coefficient (Wildman–Crippen LogP) is 2.84. The molecule has 1 aromatic heterocycles. The number of nitrogens with zero attached hydrogens (tertiary/aromatic N) is 1. The molecule has 3 N–H and O–H groups in total. The topological polar surface area (TPSA) is 85.1 Å². The molecule has 0 saturated carbocycles. The van der Waals surface area contributed by atoms with Crippen molar-refractivity contribution in [3.8, 4) is 0 Å². The minimum absolute atomic E-state index is 0.182. The van der Waals surface area contributed by atoms with E-state index in [9.17, 15) is 8.42 Å². The summed E-state index contributed by atoms with van der Waals surface area (Å²) < 4.78 is 28.1. The lowest BCUT2D eigenvalue weighted by molar-refractivity contribution is 0.566. The maximum absolute atomic E-state index is 12.4. The molecule has 8 heteroatoms. The number of nitrogens with two attached hydrogens (primary N) is 1. The van der Waals surface area contributed by atoms with Gasteiger partial charge in [0.1, 0.15) is 5.01 Å². The number of rotatable bonds is 4. The van der Waals surface area contributed by atoms with Crippen molar-refractivity contribution in [2.75, 3.05) is 5.73 Å². The highest BCUT2D eigenvalue weighted by Crippen LogP contribution is 2.27. The van der Waals surface area contributed by atoms with Crippen LogP contribution in [0.15, 0.2) is 33.1 Å². The van der Waals surface area contributed by atoms with Gasteiger partial charge in [0.25, 0.3) is 0 Å². The standard InChI is InChI=1S/C12H14BrN3O2S2/c1-7-5-9(13)10(14)6-11(7)20(17,18)16-8(2)12-15-3-4-19-12/h3-6,8,16H,14H2,1-2H3. The van der Waals surface area contributed by atoms with Gasteiger partial charge in [0.15, 0.2) is 0 Å². The monoisotopic (exact) mass is 375 g/mol. The molecule has 2 aromatic rings. The zero-order chi connectivity index (χ0) is 14.9. The summed E-state index contributed by atoms with van der Waals surface area (Å²) >= 11 is 4.69. The average Bonchev–Trinajstić information content (AvgIpc) is 2.86. The number of halogens is 1. The summed E-state index contributed by atoms with van der Waals surface area (Å²) in [6, 6.07) is 2.76. The van der Waals surface area contributed by atoms with Crippen LogP contribution in [0.5, 0.6) is 0 Å². The maximum atomic E-state index is 12.4. The van der Waals surface area contributed by atoms with Crippen LogP contribution in [0.3, 0.4) is 0 Å². The number of hydrogen-bond acceptors (Lipinski definition) is 5. The molecule has 20 heavy (non-hydrogen) atoms. The Bertz CT molecular complexity index is 715. The van der Waals surface area contributed by atoms with E-state index in [4.69, 9.17) is 5.73 Å². The Morgan fingerprint density at radius 3 is 2.75 bits per heavy atom. The van der Waals surface area contributed by atoms with Gasteiger partial charge >= 0.3 is 0 Å². The molecule has 1 atom stereocenters. The highest BCUT2D eigenvalue weighted by Gasteiger charge is 2.22. The smallest absolute Gasteiger partial charge is 0.241 e. The first kappa shape index (κ1) is 15.4. The molecule has 0 aliphatic rings. The molecule has 108 valence electrons. The third-order valence-corrected chi connectivity index (χ3v) is 6.07. The van der Waals surface area contributed by atoms with Crippen molar-refractivity contribution in [2.24, 2.45) is 0 Å². The van der Waals surface area contributed by atoms with E-state index in [0.29, 0.717) is 15.7 Å². The molecule has 0 saturated heterocycles. The summed E-state index contributed by atoms with van der Waals surface area (Å²) in [5.74, 6) is 0. The fourth-order valence-corrected chi connectivity index (χ4v) is 4.40. The van der Waals surface area contributed by atoms with E-state index in [0.717, 1.165) is 5.01 Å². The van der Waals surface area contributed by atoms with Crippen molar-refractivity contribution in [1.82, 2.24) is 9.71 Å². The van der Waals surface area contributed by atoms with Crippen LogP contribution in [0.25, 0.3) is 0 Å². The number of hydrogen-bond donors (Lipinski definition) is 2. The van der Waals surface area contributed by atoms with Gasteiger partial charge in [-0.1, -0.05) is 0 Å². The average molecular weight is 376 g/mol. The molecule has 0 spiro atoms. The summed E-state index contributed by atoms with van der Waals surface area (Å²) in [4.78, 5) is 4.29. The lowest BCUT2D eigenvalue weighted by atomic mass is 10.2. The van der Waals surface area contributed by atoms with Crippen LogP contribution in [0, 0.1) is 6.92 Å². The summed E-state index contributed by atoms with van der Waals surface area (Å²) in [5.41, 5.74) is 6.78. The van der Waals surface area contributed by atoms with E-state index in [1.165, 1.54) is 17.4 Å². The highest BCUT2D eigenvalue weighted by atomic mass is 79.9. The van der Waals surface area contributed by atoms with E-state index in [2.05, 4.69) is 25.6 Å². The quantitative estimate of drug-likeness (QED) is 0.804. The van der Waals surface area contributed by atoms with Gasteiger partial charge in [-0.2, -0.15) is 0 Å². The Morgan fingerprint density at radius 1 is 1.45 bits per heavy atom. The predicted molar refractivity (Wildman–Crippen MR) is 84.1 cm³/mol. The number of aromatic nitrogens is 1. The van der Waals surface area contributed by atoms with Crippen molar-refractivity contribution in [2.45, 2.75) is 24.8 Å². The van der Waals surface area contributed by atoms with Crippen LogP contribution in [0.2, 0.25) is 0 Å². The van der Waals surface area contributed by atoms with E-state index >= 15 is 0 Å². The van der Waals surface area contributed by atoms with Crippen LogP contribution >= 0.6 is 27.3 Å². The first-order valence-electron chi connectivity index (χ1n) is 5.78. The summed E-state index contributed by atoms with van der Waals surface area (Å²) in [6.07, 6.45) is 1.65. The molecule has 0 fully saturated rings. The van der Waals surface area contributed by atoms with Crippen molar-refractivity contribution in [3.05, 3.63) is 38.8 Å². The number of sulfonamides is 1. The zero-order valence-electron chi connectivity index (χ0n) is 10.9. The Hall–Kier alpha value is -0.960. The number of benzene rings is 1. The first-order chi connectivity index (χ1) is 9.31. The second-order valence-corrected chi connectivity index (χ2v) is 7.82. The molecule has 2 rings (SSSR count). The Balaban J connectivity index is 2.34. The van der Waals surface area contributed by atoms with Gasteiger partial charge < -0.3 is 5.73 Å². The SMILES string of the molecule is Cc1cc(Br)c(N)cc1S(=O)(=O)NC(C)c1nccs1. The van der Waals surface area contributed by atoms with Crippen molar-refractivity contribution in [3.63, 3.8) is 0 Å². The second-order valence-electron chi connectivity index (χ2n) is 4.35. The summed E-state index contributed by atoms with van der Waals surface area (Å²) in [6.45, 7) is 3.49. The maximum Gasteiger partial charge on any atom is 0.241 e. The minimum Gasteiger partial charge on any atom is -0.398 e. The van der Waals surface area contributed by atoms with Crippen LogP contribution < -0.4 is 10.5 Å². The Morgan fingerprint density at radius 2 is 2.15 bits per heavy atom. The fourth-order valence-electron chi connectivity index (χ4n) is 1.75. The van der Waals surface area contributed by atoms with Gasteiger partial charge in [-0.15, -0.1) is 11.3 Å². The number of aryl methyl sites for hydroxylation is 1. The van der Waals surface area contributed by atoms with Gasteiger partial charge in [-0.3, -0.25) is 0 Å². The van der Waals surface area contributed by atoms with Gasteiger partial charge in [0.2, 0.25) is 10.0 Å². The highest BCUT2D eigenvalue weighted by molar-refractivity contribution is 9.10. The van der Waals surface area contributed by atoms with Crippen LogP contribution in [-0.2, 0) is 10.0 Å². The zero-order valence-corrected chi connectivity index (χ0v) is 14.1. The van der Waals surface area contributed by atoms with Crippen molar-refractivity contribution >= 4 is 43.0 Å². The van der Waals surface area contributed by atoms with E-state index in [-0.39, 0.29) is 10.9 Å². The summed E-state index contributed by atoms with van der Waals surface area (Å²) in [7, 11) is -3.64. The van der Waals surface area contributed by atoms with Crippen molar-refractivity contribution < 1.29 is 8.42 Å². The van der Waals surface area contributed by atoms with Crippen LogP contribution in [0.1, 0.15) is 23.5 Å². The molecule has 0 amide bonds. The molecule has 0 aliphatic carbocycles. The number of nitrogen functional groups attached to an aromatic ring is 1. The third kappa shape index (κ3) is 3.20. The number of nitrogens with one attached hydrogen (secondary N) is 1. The van der Waals surface area contributed by atoms with Gasteiger partial charge in [-0.05, 0) is 47.5 Å². The largest absolute Gasteiger partial charge is 0.398 e. The van der Waals surface area contributed by atoms with E-state index < -0.39 is 10.0 Å². The molecule has 5 nitrogen and oxygen atoms in total. The van der Waals surface area contributed by atoms with Crippen LogP contribution in [-0.4, -0.2) is 13.4 Å². The lowest BCUT2D eigenvalue weighted by Gasteiger charge is -2.14. The van der Waals surface area contributed by atoms with E-state index in [1.54, 1.807) is 26.1 Å². The molecular weight excluding hydrogens is 362 g/mol. The normalized spacial score (nSPS) is 13.3. The molecule has 0 radical (unpaired) electrons. The number of anilines is 1. The Labute approximate surface area is 130 Å². The molecule has 1 aromatic carbocycles. The molecule has 1 unspecified atom stereocenters. The summed E-state index contributed by atoms with van der Waals surface area (Å²) in [5, 5.41) is 2.53. The van der Waals surface area contributed by atoms with Crippen molar-refractivity contribution in [1.29, 1.82) is 0 Å². The third-order valence-electron chi connectivity index (χ3n) is 2.74. The van der Waals surface area contributed by atoms with E-state index in [1.807, 2.05) is 5.38 Å². The first-order valence-corrected chi connectivity index (χ1v) is 8.94. The molecular formula is C12H14BrN3O2S2. The van der Waals surface area contributed by atoms with Gasteiger partial charge in [-0.25, -0.2) is 18.1 Å². The Kier molecular flexibility index (Phi) is 4.48. The molecule has 0 bridgehead atoms. The second kappa shape index (κ2) is 5.80. The fraction of sp³-hybridized carbons (Fsp3) is 0.250. The van der Waals surface area contributed by atoms with Gasteiger partial charge in [0.05, 0.1) is 10.9 Å².